The molecular weight excluding hydrogens is 368 g/mol. The first-order valence-corrected chi connectivity index (χ1v) is 8.63. The van der Waals surface area contributed by atoms with Crippen molar-refractivity contribution in [2.45, 2.75) is 45.5 Å². The molecule has 2 heterocycles. The van der Waals surface area contributed by atoms with Crippen molar-refractivity contribution in [3.63, 3.8) is 0 Å². The summed E-state index contributed by atoms with van der Waals surface area (Å²) in [6.45, 7) is 6.57. The van der Waals surface area contributed by atoms with Crippen LogP contribution in [0.3, 0.4) is 0 Å². The van der Waals surface area contributed by atoms with Gasteiger partial charge < -0.3 is 23.7 Å². The molecule has 0 amide bonds. The van der Waals surface area contributed by atoms with Crippen LogP contribution < -0.4 is 10.4 Å². The van der Waals surface area contributed by atoms with Gasteiger partial charge in [-0.25, -0.2) is 14.4 Å². The first kappa shape index (κ1) is 19.5. The summed E-state index contributed by atoms with van der Waals surface area (Å²) in [5.41, 5.74) is -1.05. The van der Waals surface area contributed by atoms with Gasteiger partial charge in [0.15, 0.2) is 12.2 Å². The highest BCUT2D eigenvalue weighted by molar-refractivity contribution is 5.88. The third-order valence-electron chi connectivity index (χ3n) is 4.62. The zero-order valence-corrected chi connectivity index (χ0v) is 15.8. The second-order valence-electron chi connectivity index (χ2n) is 6.96. The number of carbonyl (C=O) groups excluding carboxylic acids is 1. The molecule has 0 spiro atoms. The van der Waals surface area contributed by atoms with Crippen LogP contribution >= 0.6 is 0 Å². The van der Waals surface area contributed by atoms with Crippen LogP contribution in [-0.4, -0.2) is 28.9 Å². The first-order valence-electron chi connectivity index (χ1n) is 8.63. The van der Waals surface area contributed by atoms with Crippen molar-refractivity contribution in [3.8, 4) is 5.75 Å². The van der Waals surface area contributed by atoms with Crippen molar-refractivity contribution in [2.75, 3.05) is 0 Å². The molecular formula is C20H20O8. The van der Waals surface area contributed by atoms with Gasteiger partial charge in [0.1, 0.15) is 16.9 Å². The number of benzene rings is 1. The van der Waals surface area contributed by atoms with Crippen LogP contribution in [0.2, 0.25) is 0 Å². The number of ether oxygens (including phenoxy) is 3. The maximum atomic E-state index is 12.4. The SMILES string of the molecule is C/C=C(/C)C(=O)O[C@H]1[C@@H](OC(=O)O)c2c(ccc3ccc(=O)oc23)OC1(C)C. The number of fused-ring (bicyclic) bond motifs is 3. The summed E-state index contributed by atoms with van der Waals surface area (Å²) in [5, 5.41) is 9.84. The second kappa shape index (κ2) is 7.03. The average molecular weight is 388 g/mol. The van der Waals surface area contributed by atoms with Crippen LogP contribution in [0.4, 0.5) is 4.79 Å². The highest BCUT2D eigenvalue weighted by Crippen LogP contribution is 2.46. The standard InChI is InChI=1S/C20H20O8/c1-5-10(2)18(22)27-17-16(26-19(23)24)14-12(28-20(17,3)4)8-6-11-7-9-13(21)25-15(11)14/h5-9,16-17H,1-4H3,(H,23,24)/b10-5-/t16-,17-/m0/s1. The molecule has 8 nitrogen and oxygen atoms in total. The largest absolute Gasteiger partial charge is 0.506 e. The Morgan fingerprint density at radius 3 is 2.50 bits per heavy atom. The number of allylic oxidation sites excluding steroid dienone is 1. The molecule has 0 aliphatic carbocycles. The van der Waals surface area contributed by atoms with Crippen molar-refractivity contribution in [1.82, 2.24) is 0 Å². The van der Waals surface area contributed by atoms with Crippen LogP contribution in [0, 0.1) is 0 Å². The molecule has 148 valence electrons. The number of rotatable bonds is 3. The molecule has 0 bridgehead atoms. The van der Waals surface area contributed by atoms with E-state index in [-0.39, 0.29) is 16.9 Å². The molecule has 0 unspecified atom stereocenters. The number of hydrogen-bond acceptors (Lipinski definition) is 7. The Bertz CT molecular complexity index is 1030. The number of hydrogen-bond donors (Lipinski definition) is 1. The van der Waals surface area contributed by atoms with Crippen LogP contribution in [0.5, 0.6) is 5.75 Å². The van der Waals surface area contributed by atoms with E-state index in [2.05, 4.69) is 0 Å². The van der Waals surface area contributed by atoms with E-state index in [9.17, 15) is 19.5 Å². The Balaban J connectivity index is 2.22. The maximum Gasteiger partial charge on any atom is 0.506 e. The molecule has 1 aromatic carbocycles. The fraction of sp³-hybridized carbons (Fsp3) is 0.350. The van der Waals surface area contributed by atoms with Gasteiger partial charge >= 0.3 is 17.8 Å². The fourth-order valence-electron chi connectivity index (χ4n) is 3.11. The third-order valence-corrected chi connectivity index (χ3v) is 4.62. The molecule has 2 atom stereocenters. The molecule has 0 fully saturated rings. The predicted octanol–water partition coefficient (Wildman–Crippen LogP) is 3.58. The van der Waals surface area contributed by atoms with Crippen molar-refractivity contribution < 1.29 is 33.3 Å². The molecule has 28 heavy (non-hydrogen) atoms. The zero-order valence-electron chi connectivity index (χ0n) is 15.8. The molecule has 1 aromatic heterocycles. The molecule has 8 heteroatoms. The Hall–Kier alpha value is -3.29. The summed E-state index contributed by atoms with van der Waals surface area (Å²) in [5.74, 6) is -0.346. The van der Waals surface area contributed by atoms with E-state index in [0.29, 0.717) is 11.0 Å². The van der Waals surface area contributed by atoms with E-state index in [1.165, 1.54) is 6.07 Å². The lowest BCUT2D eigenvalue weighted by Gasteiger charge is -2.42. The highest BCUT2D eigenvalue weighted by Gasteiger charge is 2.50. The smallest absolute Gasteiger partial charge is 0.483 e. The van der Waals surface area contributed by atoms with E-state index >= 15 is 0 Å². The molecule has 0 radical (unpaired) electrons. The summed E-state index contributed by atoms with van der Waals surface area (Å²) in [7, 11) is 0. The van der Waals surface area contributed by atoms with Crippen LogP contribution in [-0.2, 0) is 14.3 Å². The minimum atomic E-state index is -1.56. The minimum absolute atomic E-state index is 0.121. The lowest BCUT2D eigenvalue weighted by Crippen LogP contribution is -2.52. The lowest BCUT2D eigenvalue weighted by atomic mass is 9.87. The quantitative estimate of drug-likeness (QED) is 0.482. The van der Waals surface area contributed by atoms with E-state index in [1.54, 1.807) is 52.0 Å². The summed E-state index contributed by atoms with van der Waals surface area (Å²) in [6, 6.07) is 6.11. The predicted molar refractivity (Wildman–Crippen MR) is 98.4 cm³/mol. The molecule has 0 saturated carbocycles. The molecule has 1 aliphatic rings. The molecule has 2 aromatic rings. The maximum absolute atomic E-state index is 12.4. The first-order chi connectivity index (χ1) is 13.1. The van der Waals surface area contributed by atoms with E-state index < -0.39 is 35.6 Å². The summed E-state index contributed by atoms with van der Waals surface area (Å²) < 4.78 is 22.0. The molecule has 0 saturated heterocycles. The monoisotopic (exact) mass is 388 g/mol. The van der Waals surface area contributed by atoms with Gasteiger partial charge in [-0.2, -0.15) is 0 Å². The lowest BCUT2D eigenvalue weighted by molar-refractivity contribution is -0.174. The van der Waals surface area contributed by atoms with Gasteiger partial charge in [0.05, 0.1) is 5.56 Å². The van der Waals surface area contributed by atoms with Crippen molar-refractivity contribution in [1.29, 1.82) is 0 Å². The number of carboxylic acid groups (broad SMARTS) is 1. The van der Waals surface area contributed by atoms with Crippen LogP contribution in [0.25, 0.3) is 11.0 Å². The summed E-state index contributed by atoms with van der Waals surface area (Å²) in [4.78, 5) is 35.5. The van der Waals surface area contributed by atoms with Gasteiger partial charge in [0.2, 0.25) is 0 Å². The molecule has 3 rings (SSSR count). The van der Waals surface area contributed by atoms with Crippen molar-refractivity contribution in [3.05, 3.63) is 51.9 Å². The van der Waals surface area contributed by atoms with Gasteiger partial charge in [-0.1, -0.05) is 6.08 Å². The zero-order chi connectivity index (χ0) is 20.6. The van der Waals surface area contributed by atoms with Gasteiger partial charge in [-0.3, -0.25) is 0 Å². The van der Waals surface area contributed by atoms with Crippen molar-refractivity contribution in [2.24, 2.45) is 0 Å². The van der Waals surface area contributed by atoms with Gasteiger partial charge in [-0.15, -0.1) is 0 Å². The average Bonchev–Trinajstić information content (AvgIpc) is 2.62. The normalized spacial score (nSPS) is 20.8. The van der Waals surface area contributed by atoms with Gasteiger partial charge in [0, 0.05) is 17.0 Å². The van der Waals surface area contributed by atoms with Crippen molar-refractivity contribution >= 4 is 23.1 Å². The topological polar surface area (TPSA) is 112 Å². The summed E-state index contributed by atoms with van der Waals surface area (Å²) >= 11 is 0. The fourth-order valence-corrected chi connectivity index (χ4v) is 3.11. The number of esters is 1. The van der Waals surface area contributed by atoms with Crippen LogP contribution in [0.1, 0.15) is 39.4 Å². The highest BCUT2D eigenvalue weighted by atomic mass is 16.7. The van der Waals surface area contributed by atoms with E-state index in [4.69, 9.17) is 18.6 Å². The molecule has 1 N–H and O–H groups in total. The Morgan fingerprint density at radius 1 is 1.18 bits per heavy atom. The Kier molecular flexibility index (Phi) is 4.89. The Morgan fingerprint density at radius 2 is 1.86 bits per heavy atom. The van der Waals surface area contributed by atoms with E-state index in [0.717, 1.165) is 0 Å². The third kappa shape index (κ3) is 3.45. The second-order valence-corrected chi connectivity index (χ2v) is 6.96. The number of carbonyl (C=O) groups is 2. The van der Waals surface area contributed by atoms with Crippen LogP contribution in [0.15, 0.2) is 45.1 Å². The van der Waals surface area contributed by atoms with Gasteiger partial charge in [0.25, 0.3) is 0 Å². The van der Waals surface area contributed by atoms with Gasteiger partial charge in [-0.05, 0) is 45.9 Å². The van der Waals surface area contributed by atoms with E-state index in [1.807, 2.05) is 0 Å². The molecule has 1 aliphatic heterocycles. The minimum Gasteiger partial charge on any atom is -0.483 e. The Labute approximate surface area is 160 Å². The summed E-state index contributed by atoms with van der Waals surface area (Å²) in [6.07, 6.45) is -2.35.